The molecule has 0 aliphatic rings. The molecule has 5 nitrogen and oxygen atoms in total. The fourth-order valence-corrected chi connectivity index (χ4v) is 1.94. The number of aliphatic hydroxyl groups is 1. The Bertz CT molecular complexity index is 608. The van der Waals surface area contributed by atoms with E-state index in [1.807, 2.05) is 38.2 Å². The lowest BCUT2D eigenvalue weighted by atomic mass is 10.1. The number of benzene rings is 1. The first kappa shape index (κ1) is 13.1. The van der Waals surface area contributed by atoms with Gasteiger partial charge in [-0.1, -0.05) is 24.3 Å². The Morgan fingerprint density at radius 1 is 1.32 bits per heavy atom. The van der Waals surface area contributed by atoms with Crippen molar-refractivity contribution in [3.8, 4) is 6.07 Å². The highest BCUT2D eigenvalue weighted by atomic mass is 16.3. The average Bonchev–Trinajstić information content (AvgIpc) is 2.70. The van der Waals surface area contributed by atoms with Crippen LogP contribution in [0.25, 0.3) is 0 Å². The summed E-state index contributed by atoms with van der Waals surface area (Å²) in [5.41, 5.74) is 3.27. The fourth-order valence-electron chi connectivity index (χ4n) is 1.94. The molecule has 2 rings (SSSR count). The van der Waals surface area contributed by atoms with Crippen LogP contribution in [0.3, 0.4) is 0 Å². The van der Waals surface area contributed by atoms with Gasteiger partial charge in [-0.3, -0.25) is 4.68 Å². The zero-order valence-corrected chi connectivity index (χ0v) is 11.0. The number of rotatable bonds is 4. The van der Waals surface area contributed by atoms with E-state index in [4.69, 9.17) is 10.4 Å². The molecule has 0 unspecified atom stereocenters. The Kier molecular flexibility index (Phi) is 3.83. The number of nitrogens with one attached hydrogen (secondary N) is 1. The van der Waals surface area contributed by atoms with Crippen molar-refractivity contribution in [1.29, 1.82) is 5.26 Å². The second kappa shape index (κ2) is 5.55. The van der Waals surface area contributed by atoms with Gasteiger partial charge in [-0.2, -0.15) is 10.4 Å². The number of aromatic nitrogens is 2. The van der Waals surface area contributed by atoms with Crippen LogP contribution < -0.4 is 5.32 Å². The monoisotopic (exact) mass is 256 g/mol. The number of hydrogen-bond donors (Lipinski definition) is 2. The highest BCUT2D eigenvalue weighted by Crippen LogP contribution is 2.18. The summed E-state index contributed by atoms with van der Waals surface area (Å²) in [5, 5.41) is 25.5. The quantitative estimate of drug-likeness (QED) is 0.873. The van der Waals surface area contributed by atoms with Gasteiger partial charge in [0, 0.05) is 13.6 Å². The molecule has 0 atom stereocenters. The molecule has 1 heterocycles. The molecule has 0 saturated carbocycles. The summed E-state index contributed by atoms with van der Waals surface area (Å²) < 4.78 is 1.68. The summed E-state index contributed by atoms with van der Waals surface area (Å²) in [6, 6.07) is 9.84. The molecule has 1 aromatic heterocycles. The number of anilines is 1. The first-order chi connectivity index (χ1) is 9.15. The van der Waals surface area contributed by atoms with Crippen molar-refractivity contribution in [1.82, 2.24) is 9.78 Å². The van der Waals surface area contributed by atoms with Crippen LogP contribution in [0.2, 0.25) is 0 Å². The Labute approximate surface area is 112 Å². The van der Waals surface area contributed by atoms with Gasteiger partial charge in [0.2, 0.25) is 0 Å². The number of hydrogen-bond acceptors (Lipinski definition) is 4. The van der Waals surface area contributed by atoms with Crippen LogP contribution in [-0.4, -0.2) is 14.9 Å². The van der Waals surface area contributed by atoms with Gasteiger partial charge >= 0.3 is 0 Å². The summed E-state index contributed by atoms with van der Waals surface area (Å²) in [7, 11) is 1.81. The van der Waals surface area contributed by atoms with Gasteiger partial charge in [-0.15, -0.1) is 0 Å². The maximum Gasteiger partial charge on any atom is 0.142 e. The molecule has 19 heavy (non-hydrogen) atoms. The standard InChI is InChI=1S/C14H16N4O/c1-10-13(7-15)14(18(2)17-10)16-8-11-3-5-12(9-19)6-4-11/h3-6,16,19H,8-9H2,1-2H3. The molecule has 1 aromatic carbocycles. The molecule has 5 heteroatoms. The number of nitriles is 1. The first-order valence-corrected chi connectivity index (χ1v) is 6.02. The summed E-state index contributed by atoms with van der Waals surface area (Å²) in [5.74, 6) is 0.728. The van der Waals surface area contributed by atoms with E-state index >= 15 is 0 Å². The van der Waals surface area contributed by atoms with Crippen molar-refractivity contribution >= 4 is 5.82 Å². The molecule has 0 saturated heterocycles. The van der Waals surface area contributed by atoms with Crippen molar-refractivity contribution in [3.05, 3.63) is 46.6 Å². The Balaban J connectivity index is 2.12. The highest BCUT2D eigenvalue weighted by Gasteiger charge is 2.11. The summed E-state index contributed by atoms with van der Waals surface area (Å²) in [6.07, 6.45) is 0. The maximum atomic E-state index is 9.11. The van der Waals surface area contributed by atoms with Crippen LogP contribution in [0.1, 0.15) is 22.4 Å². The Morgan fingerprint density at radius 3 is 2.53 bits per heavy atom. The van der Waals surface area contributed by atoms with Gasteiger partial charge in [0.1, 0.15) is 17.5 Å². The van der Waals surface area contributed by atoms with Gasteiger partial charge in [0.05, 0.1) is 12.3 Å². The van der Waals surface area contributed by atoms with Crippen LogP contribution in [0.15, 0.2) is 24.3 Å². The Hall–Kier alpha value is -2.32. The van der Waals surface area contributed by atoms with Crippen molar-refractivity contribution in [3.63, 3.8) is 0 Å². The third-order valence-corrected chi connectivity index (χ3v) is 3.00. The van der Waals surface area contributed by atoms with Gasteiger partial charge in [0.15, 0.2) is 0 Å². The molecular weight excluding hydrogens is 240 g/mol. The summed E-state index contributed by atoms with van der Waals surface area (Å²) >= 11 is 0. The second-order valence-corrected chi connectivity index (χ2v) is 4.37. The van der Waals surface area contributed by atoms with E-state index in [0.29, 0.717) is 12.1 Å². The van der Waals surface area contributed by atoms with Crippen molar-refractivity contribution < 1.29 is 5.11 Å². The number of nitrogens with zero attached hydrogens (tertiary/aromatic N) is 3. The predicted molar refractivity (Wildman–Crippen MR) is 72.4 cm³/mol. The Morgan fingerprint density at radius 2 is 1.95 bits per heavy atom. The lowest BCUT2D eigenvalue weighted by Gasteiger charge is -2.07. The lowest BCUT2D eigenvalue weighted by molar-refractivity contribution is 0.282. The van der Waals surface area contributed by atoms with Crippen molar-refractivity contribution in [2.24, 2.45) is 7.05 Å². The van der Waals surface area contributed by atoms with Crippen LogP contribution in [0, 0.1) is 18.3 Å². The second-order valence-electron chi connectivity index (χ2n) is 4.37. The minimum absolute atomic E-state index is 0.0488. The summed E-state index contributed by atoms with van der Waals surface area (Å²) in [6.45, 7) is 2.48. The van der Waals surface area contributed by atoms with E-state index in [0.717, 1.165) is 22.6 Å². The maximum absolute atomic E-state index is 9.11. The van der Waals surface area contributed by atoms with Crippen LogP contribution in [0.4, 0.5) is 5.82 Å². The SMILES string of the molecule is Cc1nn(C)c(NCc2ccc(CO)cc2)c1C#N. The third kappa shape index (κ3) is 2.75. The highest BCUT2D eigenvalue weighted by molar-refractivity contribution is 5.55. The largest absolute Gasteiger partial charge is 0.392 e. The zero-order valence-electron chi connectivity index (χ0n) is 11.0. The van der Waals surface area contributed by atoms with Crippen LogP contribution >= 0.6 is 0 Å². The lowest BCUT2D eigenvalue weighted by Crippen LogP contribution is -2.05. The molecule has 2 N–H and O–H groups in total. The van der Waals surface area contributed by atoms with Gasteiger partial charge < -0.3 is 10.4 Å². The van der Waals surface area contributed by atoms with Gasteiger partial charge in [0.25, 0.3) is 0 Å². The molecule has 0 aliphatic heterocycles. The minimum atomic E-state index is 0.0488. The van der Waals surface area contributed by atoms with Crippen molar-refractivity contribution in [2.45, 2.75) is 20.1 Å². The molecule has 2 aromatic rings. The fraction of sp³-hybridized carbons (Fsp3) is 0.286. The van der Waals surface area contributed by atoms with Crippen molar-refractivity contribution in [2.75, 3.05) is 5.32 Å². The van der Waals surface area contributed by atoms with E-state index in [1.165, 1.54) is 0 Å². The smallest absolute Gasteiger partial charge is 0.142 e. The first-order valence-electron chi connectivity index (χ1n) is 6.02. The topological polar surface area (TPSA) is 73.9 Å². The summed E-state index contributed by atoms with van der Waals surface area (Å²) in [4.78, 5) is 0. The third-order valence-electron chi connectivity index (χ3n) is 3.00. The molecule has 0 fully saturated rings. The van der Waals surface area contributed by atoms with E-state index in [1.54, 1.807) is 4.68 Å². The number of aryl methyl sites for hydroxylation is 2. The van der Waals surface area contributed by atoms with Gasteiger partial charge in [-0.05, 0) is 18.1 Å². The van der Waals surface area contributed by atoms with Gasteiger partial charge in [-0.25, -0.2) is 0 Å². The molecule has 0 spiro atoms. The molecule has 0 aliphatic carbocycles. The average molecular weight is 256 g/mol. The minimum Gasteiger partial charge on any atom is -0.392 e. The predicted octanol–water partition coefficient (Wildman–Crippen LogP) is 1.70. The molecular formula is C14H16N4O. The van der Waals surface area contributed by atoms with E-state index in [9.17, 15) is 0 Å². The van der Waals surface area contributed by atoms with E-state index in [2.05, 4.69) is 16.5 Å². The molecule has 0 radical (unpaired) electrons. The van der Waals surface area contributed by atoms with Crippen LogP contribution in [0.5, 0.6) is 0 Å². The molecule has 0 amide bonds. The number of aliphatic hydroxyl groups excluding tert-OH is 1. The van der Waals surface area contributed by atoms with E-state index < -0.39 is 0 Å². The van der Waals surface area contributed by atoms with Crippen LogP contribution in [-0.2, 0) is 20.2 Å². The molecule has 98 valence electrons. The normalized spacial score (nSPS) is 10.2. The van der Waals surface area contributed by atoms with E-state index in [-0.39, 0.29) is 6.61 Å². The molecule has 0 bridgehead atoms. The zero-order chi connectivity index (χ0) is 13.8.